The third-order valence-electron chi connectivity index (χ3n) is 2.52. The van der Waals surface area contributed by atoms with E-state index < -0.39 is 17.8 Å². The van der Waals surface area contributed by atoms with Gasteiger partial charge in [-0.25, -0.2) is 9.48 Å². The zero-order chi connectivity index (χ0) is 15.6. The highest BCUT2D eigenvalue weighted by atomic mass is 79.9. The highest BCUT2D eigenvalue weighted by Gasteiger charge is 2.33. The minimum Gasteiger partial charge on any atom is -0.478 e. The third-order valence-corrected chi connectivity index (χ3v) is 3.15. The van der Waals surface area contributed by atoms with Crippen LogP contribution in [0.5, 0.6) is 0 Å². The van der Waals surface area contributed by atoms with E-state index in [9.17, 15) is 18.0 Å². The number of benzene rings is 1. The molecule has 0 aliphatic heterocycles. The lowest BCUT2D eigenvalue weighted by atomic mass is 10.2. The molecule has 0 bridgehead atoms. The summed E-state index contributed by atoms with van der Waals surface area (Å²) in [5.74, 6) is -1.09. The van der Waals surface area contributed by atoms with Crippen LogP contribution in [-0.4, -0.2) is 20.9 Å². The summed E-state index contributed by atoms with van der Waals surface area (Å²) in [4.78, 5) is 10.4. The van der Waals surface area contributed by atoms with Crippen LogP contribution in [0.4, 0.5) is 13.2 Å². The monoisotopic (exact) mass is 360 g/mol. The molecule has 1 aromatic heterocycles. The Hall–Kier alpha value is -2.09. The Bertz CT molecular complexity index is 708. The Balaban J connectivity index is 2.33. The Labute approximate surface area is 125 Å². The van der Waals surface area contributed by atoms with E-state index >= 15 is 0 Å². The van der Waals surface area contributed by atoms with Gasteiger partial charge in [-0.2, -0.15) is 18.3 Å². The molecule has 1 aromatic carbocycles. The summed E-state index contributed by atoms with van der Waals surface area (Å²) < 4.78 is 39.1. The summed E-state index contributed by atoms with van der Waals surface area (Å²) in [7, 11) is 0. The van der Waals surface area contributed by atoms with Crippen LogP contribution in [0.25, 0.3) is 11.8 Å². The number of nitrogens with zero attached hydrogens (tertiary/aromatic N) is 2. The molecule has 21 heavy (non-hydrogen) atoms. The molecule has 0 saturated carbocycles. The van der Waals surface area contributed by atoms with Crippen molar-refractivity contribution in [1.29, 1.82) is 0 Å². The van der Waals surface area contributed by atoms with Crippen molar-refractivity contribution in [2.24, 2.45) is 0 Å². The minimum absolute atomic E-state index is 0.415. The van der Waals surface area contributed by atoms with E-state index in [1.54, 1.807) is 18.2 Å². The summed E-state index contributed by atoms with van der Waals surface area (Å²) in [6, 6.07) is 5.58. The number of carboxylic acids is 1. The van der Waals surface area contributed by atoms with Gasteiger partial charge in [-0.1, -0.05) is 6.07 Å². The predicted molar refractivity (Wildman–Crippen MR) is 72.9 cm³/mol. The van der Waals surface area contributed by atoms with Crippen LogP contribution in [0, 0.1) is 0 Å². The number of aromatic nitrogens is 2. The average molecular weight is 361 g/mol. The highest BCUT2D eigenvalue weighted by molar-refractivity contribution is 9.10. The first-order valence-corrected chi connectivity index (χ1v) is 6.40. The first-order valence-electron chi connectivity index (χ1n) is 5.61. The molecule has 0 unspecified atom stereocenters. The summed E-state index contributed by atoms with van der Waals surface area (Å²) in [6.07, 6.45) is -0.949. The van der Waals surface area contributed by atoms with Crippen LogP contribution >= 0.6 is 15.9 Å². The Kier molecular flexibility index (Phi) is 4.17. The molecule has 2 rings (SSSR count). The van der Waals surface area contributed by atoms with E-state index in [2.05, 4.69) is 21.0 Å². The van der Waals surface area contributed by atoms with Crippen molar-refractivity contribution < 1.29 is 23.1 Å². The van der Waals surface area contributed by atoms with Gasteiger partial charge in [-0.15, -0.1) is 0 Å². The van der Waals surface area contributed by atoms with Crippen molar-refractivity contribution in [3.63, 3.8) is 0 Å². The Morgan fingerprint density at radius 1 is 1.33 bits per heavy atom. The van der Waals surface area contributed by atoms with Gasteiger partial charge < -0.3 is 5.11 Å². The summed E-state index contributed by atoms with van der Waals surface area (Å²) in [5.41, 5.74) is 0.0263. The van der Waals surface area contributed by atoms with Gasteiger partial charge in [0, 0.05) is 16.7 Å². The van der Waals surface area contributed by atoms with Crippen LogP contribution in [0.15, 0.2) is 41.0 Å². The lowest BCUT2D eigenvalue weighted by molar-refractivity contribution is -0.141. The van der Waals surface area contributed by atoms with Crippen LogP contribution in [-0.2, 0) is 11.0 Å². The lowest BCUT2D eigenvalue weighted by Gasteiger charge is -2.06. The molecule has 2 aromatic rings. The second-order valence-corrected chi connectivity index (χ2v) is 4.88. The third kappa shape index (κ3) is 3.72. The van der Waals surface area contributed by atoms with Crippen LogP contribution in [0.3, 0.4) is 0 Å². The SMILES string of the molecule is O=C(O)/C=C/c1ccc(-n2ccc(C(F)(F)F)n2)c(Br)c1. The van der Waals surface area contributed by atoms with E-state index in [4.69, 9.17) is 5.11 Å². The van der Waals surface area contributed by atoms with Crippen LogP contribution in [0.1, 0.15) is 11.3 Å². The number of rotatable bonds is 3. The molecule has 0 fully saturated rings. The highest BCUT2D eigenvalue weighted by Crippen LogP contribution is 2.29. The average Bonchev–Trinajstić information content (AvgIpc) is 2.85. The zero-order valence-electron chi connectivity index (χ0n) is 10.3. The molecule has 1 N–H and O–H groups in total. The molecule has 0 saturated heterocycles. The zero-order valence-corrected chi connectivity index (χ0v) is 11.9. The second kappa shape index (κ2) is 5.72. The fourth-order valence-corrected chi connectivity index (χ4v) is 2.17. The van der Waals surface area contributed by atoms with Crippen LogP contribution in [0.2, 0.25) is 0 Å². The maximum atomic E-state index is 12.5. The second-order valence-electron chi connectivity index (χ2n) is 4.03. The molecule has 1 heterocycles. The largest absolute Gasteiger partial charge is 0.478 e. The predicted octanol–water partition coefficient (Wildman–Crippen LogP) is 3.75. The molecule has 0 atom stereocenters. The maximum absolute atomic E-state index is 12.5. The van der Waals surface area contributed by atoms with E-state index in [0.717, 1.165) is 16.8 Å². The molecule has 0 radical (unpaired) electrons. The molecular weight excluding hydrogens is 353 g/mol. The number of carbonyl (C=O) groups is 1. The number of halogens is 4. The molecule has 0 amide bonds. The summed E-state index contributed by atoms with van der Waals surface area (Å²) >= 11 is 3.23. The van der Waals surface area contributed by atoms with Crippen LogP contribution < -0.4 is 0 Å². The molecule has 4 nitrogen and oxygen atoms in total. The maximum Gasteiger partial charge on any atom is 0.435 e. The minimum atomic E-state index is -4.50. The van der Waals surface area contributed by atoms with Gasteiger partial charge in [0.25, 0.3) is 0 Å². The van der Waals surface area contributed by atoms with Crippen molar-refractivity contribution in [3.05, 3.63) is 52.3 Å². The van der Waals surface area contributed by atoms with Crippen molar-refractivity contribution in [1.82, 2.24) is 9.78 Å². The topological polar surface area (TPSA) is 55.1 Å². The smallest absolute Gasteiger partial charge is 0.435 e. The van der Waals surface area contributed by atoms with Gasteiger partial charge >= 0.3 is 12.1 Å². The van der Waals surface area contributed by atoms with Gasteiger partial charge in [0.1, 0.15) is 0 Å². The molecule has 110 valence electrons. The number of aliphatic carboxylic acids is 1. The van der Waals surface area contributed by atoms with E-state index in [1.807, 2.05) is 0 Å². The van der Waals surface area contributed by atoms with Gasteiger partial charge in [0.2, 0.25) is 0 Å². The molecule has 0 spiro atoms. The molecular formula is C13H8BrF3N2O2. The fourth-order valence-electron chi connectivity index (χ4n) is 1.59. The van der Waals surface area contributed by atoms with Crippen molar-refractivity contribution in [2.45, 2.75) is 6.18 Å². The quantitative estimate of drug-likeness (QED) is 0.848. The van der Waals surface area contributed by atoms with Gasteiger partial charge in [0.15, 0.2) is 5.69 Å². The first kappa shape index (κ1) is 15.3. The van der Waals surface area contributed by atoms with E-state index in [-0.39, 0.29) is 0 Å². The molecule has 0 aliphatic rings. The fraction of sp³-hybridized carbons (Fsp3) is 0.0769. The Morgan fingerprint density at radius 3 is 2.57 bits per heavy atom. The molecule has 8 heteroatoms. The number of hydrogen-bond donors (Lipinski definition) is 1. The van der Waals surface area contributed by atoms with Crippen molar-refractivity contribution >= 4 is 28.0 Å². The Morgan fingerprint density at radius 2 is 2.05 bits per heavy atom. The van der Waals surface area contributed by atoms with Crippen molar-refractivity contribution in [3.8, 4) is 5.69 Å². The van der Waals surface area contributed by atoms with Gasteiger partial charge in [-0.3, -0.25) is 0 Å². The molecule has 0 aliphatic carbocycles. The number of hydrogen-bond acceptors (Lipinski definition) is 2. The normalized spacial score (nSPS) is 12.0. The van der Waals surface area contributed by atoms with Crippen molar-refractivity contribution in [2.75, 3.05) is 0 Å². The van der Waals surface area contributed by atoms with Gasteiger partial charge in [-0.05, 0) is 45.8 Å². The lowest BCUT2D eigenvalue weighted by Crippen LogP contribution is -2.07. The van der Waals surface area contributed by atoms with E-state index in [1.165, 1.54) is 12.3 Å². The number of alkyl halides is 3. The van der Waals surface area contributed by atoms with E-state index in [0.29, 0.717) is 15.7 Å². The summed E-state index contributed by atoms with van der Waals surface area (Å²) in [5, 5.41) is 12.0. The van der Waals surface area contributed by atoms with Gasteiger partial charge in [0.05, 0.1) is 5.69 Å². The standard InChI is InChI=1S/C13H8BrF3N2O2/c14-9-7-8(2-4-12(20)21)1-3-10(9)19-6-5-11(18-19)13(15,16)17/h1-7H,(H,20,21)/b4-2+. The number of carboxylic acid groups (broad SMARTS) is 1. The first-order chi connectivity index (χ1) is 9.77. The summed E-state index contributed by atoms with van der Waals surface area (Å²) in [6.45, 7) is 0.